The molecule has 0 saturated heterocycles. The van der Waals surface area contributed by atoms with E-state index in [2.05, 4.69) is 27.5 Å². The molecule has 0 spiro atoms. The van der Waals surface area contributed by atoms with Crippen molar-refractivity contribution in [3.63, 3.8) is 0 Å². The summed E-state index contributed by atoms with van der Waals surface area (Å²) in [4.78, 5) is 19.4. The Morgan fingerprint density at radius 3 is 2.22 bits per heavy atom. The van der Waals surface area contributed by atoms with Gasteiger partial charge in [0.15, 0.2) is 0 Å². The van der Waals surface area contributed by atoms with E-state index < -0.39 is 0 Å². The molecule has 0 saturated carbocycles. The highest BCUT2D eigenvalue weighted by molar-refractivity contribution is 5.74. The van der Waals surface area contributed by atoms with Crippen LogP contribution in [-0.2, 0) is 4.79 Å². The molecular weight excluding hydrogens is 230 g/mol. The summed E-state index contributed by atoms with van der Waals surface area (Å²) in [5.41, 5.74) is 6.05. The molecule has 100 valence electrons. The van der Waals surface area contributed by atoms with E-state index in [9.17, 15) is 4.79 Å². The number of carbonyl (C=O) groups is 1. The molecule has 0 aromatic carbocycles. The minimum absolute atomic E-state index is 0.292. The van der Waals surface area contributed by atoms with Gasteiger partial charge in [-0.1, -0.05) is 6.92 Å². The van der Waals surface area contributed by atoms with Crippen LogP contribution in [0.25, 0.3) is 0 Å². The molecule has 1 heterocycles. The van der Waals surface area contributed by atoms with E-state index in [1.54, 1.807) is 0 Å². The molecule has 18 heavy (non-hydrogen) atoms. The van der Waals surface area contributed by atoms with E-state index >= 15 is 0 Å². The van der Waals surface area contributed by atoms with Crippen LogP contribution in [0.3, 0.4) is 0 Å². The summed E-state index contributed by atoms with van der Waals surface area (Å²) < 4.78 is 0. The van der Waals surface area contributed by atoms with Gasteiger partial charge in [-0.15, -0.1) is 0 Å². The third-order valence-corrected chi connectivity index (χ3v) is 2.46. The highest BCUT2D eigenvalue weighted by atomic mass is 16.1. The van der Waals surface area contributed by atoms with Crippen molar-refractivity contribution in [2.75, 3.05) is 23.7 Å². The van der Waals surface area contributed by atoms with Crippen LogP contribution in [0.1, 0.15) is 31.2 Å². The van der Waals surface area contributed by atoms with Crippen molar-refractivity contribution in [2.24, 2.45) is 5.73 Å². The van der Waals surface area contributed by atoms with E-state index in [0.29, 0.717) is 18.8 Å². The smallest absolute Gasteiger partial charge is 0.219 e. The Kier molecular flexibility index (Phi) is 5.35. The van der Waals surface area contributed by atoms with Crippen molar-refractivity contribution in [1.29, 1.82) is 0 Å². The number of amides is 1. The number of hydrogen-bond acceptors (Lipinski definition) is 5. The fraction of sp³-hybridized carbons (Fsp3) is 0.583. The average molecular weight is 251 g/mol. The molecule has 1 aromatic heterocycles. The zero-order chi connectivity index (χ0) is 13.5. The monoisotopic (exact) mass is 251 g/mol. The Labute approximate surface area is 107 Å². The molecule has 1 rings (SSSR count). The summed E-state index contributed by atoms with van der Waals surface area (Å²) >= 11 is 0. The van der Waals surface area contributed by atoms with E-state index in [4.69, 9.17) is 5.73 Å². The van der Waals surface area contributed by atoms with Crippen LogP contribution >= 0.6 is 0 Å². The maximum absolute atomic E-state index is 10.7. The number of carbonyl (C=O) groups excluding carboxylic acids is 1. The Hall–Kier alpha value is -1.85. The van der Waals surface area contributed by atoms with E-state index in [-0.39, 0.29) is 5.91 Å². The Morgan fingerprint density at radius 1 is 1.17 bits per heavy atom. The van der Waals surface area contributed by atoms with Gasteiger partial charge >= 0.3 is 0 Å². The van der Waals surface area contributed by atoms with Gasteiger partial charge in [0, 0.05) is 25.1 Å². The van der Waals surface area contributed by atoms with Crippen molar-refractivity contribution in [3.05, 3.63) is 11.4 Å². The number of primary amides is 1. The van der Waals surface area contributed by atoms with Crippen LogP contribution in [0.5, 0.6) is 0 Å². The first-order valence-electron chi connectivity index (χ1n) is 6.15. The summed E-state index contributed by atoms with van der Waals surface area (Å²) in [6.07, 6.45) is 1.33. The number of nitrogens with zero attached hydrogens (tertiary/aromatic N) is 2. The van der Waals surface area contributed by atoms with E-state index in [0.717, 1.165) is 30.2 Å². The van der Waals surface area contributed by atoms with Crippen molar-refractivity contribution in [2.45, 2.75) is 33.6 Å². The second-order valence-electron chi connectivity index (χ2n) is 4.16. The summed E-state index contributed by atoms with van der Waals surface area (Å²) in [7, 11) is 0. The van der Waals surface area contributed by atoms with Gasteiger partial charge in [0.05, 0.1) is 0 Å². The van der Waals surface area contributed by atoms with E-state index in [1.807, 2.05) is 13.8 Å². The molecular formula is C12H21N5O. The van der Waals surface area contributed by atoms with Gasteiger partial charge in [-0.25, -0.2) is 9.97 Å². The van der Waals surface area contributed by atoms with Gasteiger partial charge in [-0.2, -0.15) is 0 Å². The molecule has 0 radical (unpaired) electrons. The van der Waals surface area contributed by atoms with Crippen molar-refractivity contribution < 1.29 is 4.79 Å². The Balaban J connectivity index is 2.77. The third-order valence-electron chi connectivity index (χ3n) is 2.46. The van der Waals surface area contributed by atoms with E-state index in [1.165, 1.54) is 0 Å². The molecule has 4 N–H and O–H groups in total. The highest BCUT2D eigenvalue weighted by Crippen LogP contribution is 2.19. The molecule has 0 bridgehead atoms. The van der Waals surface area contributed by atoms with Gasteiger partial charge in [-0.05, 0) is 20.3 Å². The van der Waals surface area contributed by atoms with Gasteiger partial charge in [-0.3, -0.25) is 4.79 Å². The topological polar surface area (TPSA) is 92.9 Å². The normalized spacial score (nSPS) is 10.2. The summed E-state index contributed by atoms with van der Waals surface area (Å²) in [6, 6.07) is 0. The summed E-state index contributed by atoms with van der Waals surface area (Å²) in [6.45, 7) is 7.25. The largest absolute Gasteiger partial charge is 0.370 e. The second-order valence-corrected chi connectivity index (χ2v) is 4.16. The van der Waals surface area contributed by atoms with Crippen molar-refractivity contribution in [3.8, 4) is 0 Å². The lowest BCUT2D eigenvalue weighted by Gasteiger charge is -2.13. The first-order chi connectivity index (χ1) is 8.54. The highest BCUT2D eigenvalue weighted by Gasteiger charge is 2.08. The molecule has 1 aromatic rings. The SMILES string of the molecule is CCCNc1nc(C)nc(NCCC(N)=O)c1C. The molecule has 0 aliphatic carbocycles. The van der Waals surface area contributed by atoms with Gasteiger partial charge in [0.1, 0.15) is 17.5 Å². The molecule has 0 fully saturated rings. The first kappa shape index (κ1) is 14.2. The molecule has 6 heteroatoms. The minimum Gasteiger partial charge on any atom is -0.370 e. The number of rotatable bonds is 7. The standard InChI is InChI=1S/C12H21N5O/c1-4-6-14-11-8(2)12(17-9(3)16-11)15-7-5-10(13)18/h4-7H2,1-3H3,(H2,13,18)(H2,14,15,16,17). The van der Waals surface area contributed by atoms with Crippen LogP contribution < -0.4 is 16.4 Å². The van der Waals surface area contributed by atoms with Gasteiger partial charge in [0.2, 0.25) is 5.91 Å². The zero-order valence-electron chi connectivity index (χ0n) is 11.2. The lowest BCUT2D eigenvalue weighted by molar-refractivity contribution is -0.117. The minimum atomic E-state index is -0.324. The first-order valence-corrected chi connectivity index (χ1v) is 6.15. The lowest BCUT2D eigenvalue weighted by Crippen LogP contribution is -2.17. The third kappa shape index (κ3) is 4.20. The van der Waals surface area contributed by atoms with Gasteiger partial charge in [0.25, 0.3) is 0 Å². The van der Waals surface area contributed by atoms with Crippen molar-refractivity contribution >= 4 is 17.5 Å². The Morgan fingerprint density at radius 2 is 1.72 bits per heavy atom. The molecule has 0 atom stereocenters. The molecule has 0 aliphatic rings. The summed E-state index contributed by atoms with van der Waals surface area (Å²) in [5, 5.41) is 6.37. The predicted octanol–water partition coefficient (Wildman–Crippen LogP) is 1.20. The number of aromatic nitrogens is 2. The van der Waals surface area contributed by atoms with Gasteiger partial charge < -0.3 is 16.4 Å². The number of aryl methyl sites for hydroxylation is 1. The number of hydrogen-bond donors (Lipinski definition) is 3. The fourth-order valence-electron chi connectivity index (χ4n) is 1.52. The average Bonchev–Trinajstić information content (AvgIpc) is 2.30. The second kappa shape index (κ2) is 6.78. The lowest BCUT2D eigenvalue weighted by atomic mass is 10.3. The number of nitrogens with two attached hydrogens (primary N) is 1. The van der Waals surface area contributed by atoms with Crippen LogP contribution in [0.4, 0.5) is 11.6 Å². The molecule has 1 amide bonds. The number of anilines is 2. The number of nitrogens with one attached hydrogen (secondary N) is 2. The zero-order valence-corrected chi connectivity index (χ0v) is 11.2. The maximum atomic E-state index is 10.7. The van der Waals surface area contributed by atoms with Crippen LogP contribution in [0.15, 0.2) is 0 Å². The summed E-state index contributed by atoms with van der Waals surface area (Å²) in [5.74, 6) is 1.96. The molecule has 0 unspecified atom stereocenters. The van der Waals surface area contributed by atoms with Crippen molar-refractivity contribution in [1.82, 2.24) is 9.97 Å². The quantitative estimate of drug-likeness (QED) is 0.677. The Bertz CT molecular complexity index is 419. The van der Waals surface area contributed by atoms with Crippen LogP contribution in [0, 0.1) is 13.8 Å². The van der Waals surface area contributed by atoms with Crippen LogP contribution in [0.2, 0.25) is 0 Å². The van der Waals surface area contributed by atoms with Crippen LogP contribution in [-0.4, -0.2) is 29.0 Å². The molecule has 0 aliphatic heterocycles. The maximum Gasteiger partial charge on any atom is 0.219 e. The predicted molar refractivity (Wildman–Crippen MR) is 72.6 cm³/mol. The fourth-order valence-corrected chi connectivity index (χ4v) is 1.52. The molecule has 6 nitrogen and oxygen atoms in total.